The molecule has 1 aliphatic carbocycles. The van der Waals surface area contributed by atoms with E-state index in [-0.39, 0.29) is 18.0 Å². The molecule has 1 aromatic carbocycles. The molecule has 0 bridgehead atoms. The summed E-state index contributed by atoms with van der Waals surface area (Å²) in [5.41, 5.74) is 1.90. The molecule has 136 valence electrons. The lowest BCUT2D eigenvalue weighted by molar-refractivity contribution is -0.119. The third-order valence-electron chi connectivity index (χ3n) is 5.07. The lowest BCUT2D eigenvalue weighted by Crippen LogP contribution is -2.48. The van der Waals surface area contributed by atoms with Crippen LogP contribution in [0.2, 0.25) is 0 Å². The first-order valence-electron chi connectivity index (χ1n) is 9.25. The smallest absolute Gasteiger partial charge is 0.315 e. The molecule has 6 nitrogen and oxygen atoms in total. The van der Waals surface area contributed by atoms with Crippen molar-refractivity contribution < 1.29 is 14.7 Å². The highest BCUT2D eigenvalue weighted by Gasteiger charge is 2.24. The third kappa shape index (κ3) is 4.72. The molecule has 25 heavy (non-hydrogen) atoms. The third-order valence-corrected chi connectivity index (χ3v) is 5.07. The fraction of sp³-hybridized carbons (Fsp3) is 0.579. The van der Waals surface area contributed by atoms with Crippen molar-refractivity contribution >= 4 is 17.6 Å². The van der Waals surface area contributed by atoms with E-state index >= 15 is 0 Å². The number of rotatable bonds is 4. The summed E-state index contributed by atoms with van der Waals surface area (Å²) in [4.78, 5) is 25.8. The maximum atomic E-state index is 12.0. The van der Waals surface area contributed by atoms with Gasteiger partial charge in [-0.3, -0.25) is 4.79 Å². The van der Waals surface area contributed by atoms with Gasteiger partial charge in [-0.25, -0.2) is 4.79 Å². The highest BCUT2D eigenvalue weighted by Crippen LogP contribution is 2.21. The van der Waals surface area contributed by atoms with E-state index < -0.39 is 6.10 Å². The fourth-order valence-electron chi connectivity index (χ4n) is 3.55. The highest BCUT2D eigenvalue weighted by molar-refractivity contribution is 5.93. The molecule has 2 fully saturated rings. The molecule has 3 rings (SSSR count). The Bertz CT molecular complexity index is 602. The van der Waals surface area contributed by atoms with Gasteiger partial charge in [0.25, 0.3) is 0 Å². The molecule has 0 unspecified atom stereocenters. The number of benzene rings is 1. The molecule has 3 amide bonds. The Hall–Kier alpha value is -2.08. The second-order valence-electron chi connectivity index (χ2n) is 6.95. The largest absolute Gasteiger partial charge is 0.391 e. The number of urea groups is 1. The topological polar surface area (TPSA) is 81.7 Å². The van der Waals surface area contributed by atoms with Crippen molar-refractivity contribution in [3.8, 4) is 0 Å². The van der Waals surface area contributed by atoms with E-state index in [1.807, 2.05) is 29.2 Å². The zero-order valence-corrected chi connectivity index (χ0v) is 14.5. The number of hydrogen-bond acceptors (Lipinski definition) is 3. The molecular weight excluding hydrogens is 318 g/mol. The van der Waals surface area contributed by atoms with Gasteiger partial charge in [0.2, 0.25) is 5.91 Å². The van der Waals surface area contributed by atoms with Gasteiger partial charge in [-0.05, 0) is 43.4 Å². The number of hydrogen-bond donors (Lipinski definition) is 3. The first-order valence-corrected chi connectivity index (χ1v) is 9.25. The summed E-state index contributed by atoms with van der Waals surface area (Å²) in [6.45, 7) is 1.20. The Morgan fingerprint density at radius 2 is 1.88 bits per heavy atom. The summed E-state index contributed by atoms with van der Waals surface area (Å²) >= 11 is 0. The van der Waals surface area contributed by atoms with Crippen LogP contribution in [0, 0.1) is 0 Å². The lowest BCUT2D eigenvalue weighted by atomic mass is 9.93. The van der Waals surface area contributed by atoms with Crippen molar-refractivity contribution in [1.29, 1.82) is 0 Å². The Morgan fingerprint density at radius 3 is 2.60 bits per heavy atom. The summed E-state index contributed by atoms with van der Waals surface area (Å²) in [6, 6.07) is 7.34. The Morgan fingerprint density at radius 1 is 1.12 bits per heavy atom. The number of carbonyl (C=O) groups excluding carboxylic acids is 2. The second kappa shape index (κ2) is 8.34. The minimum atomic E-state index is -0.444. The quantitative estimate of drug-likeness (QED) is 0.783. The van der Waals surface area contributed by atoms with E-state index in [2.05, 4.69) is 10.6 Å². The van der Waals surface area contributed by atoms with Crippen molar-refractivity contribution in [2.75, 3.05) is 11.4 Å². The van der Waals surface area contributed by atoms with Crippen molar-refractivity contribution in [2.45, 2.75) is 63.6 Å². The van der Waals surface area contributed by atoms with Gasteiger partial charge in [-0.1, -0.05) is 25.0 Å². The van der Waals surface area contributed by atoms with Crippen LogP contribution in [-0.2, 0) is 11.3 Å². The number of piperidine rings is 1. The van der Waals surface area contributed by atoms with E-state index in [1.54, 1.807) is 0 Å². The molecular formula is C19H27N3O3. The standard InChI is InChI=1S/C19H27N3O3/c23-17-6-2-1-5-16(17)21-19(25)20-13-14-8-10-15(11-9-14)22-12-4-3-7-18(22)24/h8-11,16-17,23H,1-7,12-13H2,(H2,20,21,25)/t16-,17-/m1/s1. The van der Waals surface area contributed by atoms with Gasteiger partial charge in [0, 0.05) is 25.2 Å². The van der Waals surface area contributed by atoms with Crippen LogP contribution in [0.15, 0.2) is 24.3 Å². The number of aliphatic hydroxyl groups is 1. The molecule has 2 aliphatic rings. The summed E-state index contributed by atoms with van der Waals surface area (Å²) in [7, 11) is 0. The van der Waals surface area contributed by atoms with Gasteiger partial charge >= 0.3 is 6.03 Å². The van der Waals surface area contributed by atoms with E-state index in [0.717, 1.165) is 56.3 Å². The van der Waals surface area contributed by atoms with Crippen LogP contribution in [0.1, 0.15) is 50.5 Å². The van der Waals surface area contributed by atoms with Crippen LogP contribution >= 0.6 is 0 Å². The number of aliphatic hydroxyl groups excluding tert-OH is 1. The number of carbonyl (C=O) groups is 2. The Balaban J connectivity index is 1.48. The van der Waals surface area contributed by atoms with Crippen molar-refractivity contribution in [3.05, 3.63) is 29.8 Å². The monoisotopic (exact) mass is 345 g/mol. The normalized spacial score (nSPS) is 24.0. The van der Waals surface area contributed by atoms with E-state index in [4.69, 9.17) is 0 Å². The van der Waals surface area contributed by atoms with Crippen molar-refractivity contribution in [2.24, 2.45) is 0 Å². The molecule has 2 atom stereocenters. The van der Waals surface area contributed by atoms with Gasteiger partial charge < -0.3 is 20.6 Å². The first kappa shape index (κ1) is 17.7. The van der Waals surface area contributed by atoms with Gasteiger partial charge in [0.15, 0.2) is 0 Å². The summed E-state index contributed by atoms with van der Waals surface area (Å²) in [5.74, 6) is 0.183. The molecule has 1 saturated heterocycles. The van der Waals surface area contributed by atoms with E-state index in [9.17, 15) is 14.7 Å². The van der Waals surface area contributed by atoms with Crippen molar-refractivity contribution in [3.63, 3.8) is 0 Å². The van der Waals surface area contributed by atoms with Crippen LogP contribution in [0.25, 0.3) is 0 Å². The molecule has 6 heteroatoms. The van der Waals surface area contributed by atoms with Crippen LogP contribution in [-0.4, -0.2) is 35.7 Å². The van der Waals surface area contributed by atoms with Gasteiger partial charge in [0.05, 0.1) is 12.1 Å². The van der Waals surface area contributed by atoms with Crippen molar-refractivity contribution in [1.82, 2.24) is 10.6 Å². The average molecular weight is 345 g/mol. The zero-order valence-electron chi connectivity index (χ0n) is 14.5. The van der Waals surface area contributed by atoms with Crippen LogP contribution in [0.3, 0.4) is 0 Å². The van der Waals surface area contributed by atoms with Crippen LogP contribution in [0.4, 0.5) is 10.5 Å². The lowest BCUT2D eigenvalue weighted by Gasteiger charge is -2.28. The number of nitrogens with one attached hydrogen (secondary N) is 2. The predicted molar refractivity (Wildman–Crippen MR) is 96.3 cm³/mol. The number of anilines is 1. The molecule has 0 spiro atoms. The second-order valence-corrected chi connectivity index (χ2v) is 6.95. The minimum absolute atomic E-state index is 0.152. The average Bonchev–Trinajstić information content (AvgIpc) is 2.63. The van der Waals surface area contributed by atoms with Gasteiger partial charge in [-0.2, -0.15) is 0 Å². The fourth-order valence-corrected chi connectivity index (χ4v) is 3.55. The Kier molecular flexibility index (Phi) is 5.91. The maximum Gasteiger partial charge on any atom is 0.315 e. The van der Waals surface area contributed by atoms with Gasteiger partial charge in [0.1, 0.15) is 0 Å². The van der Waals surface area contributed by atoms with E-state index in [0.29, 0.717) is 13.0 Å². The molecule has 0 radical (unpaired) electrons. The zero-order chi connectivity index (χ0) is 17.6. The summed E-state index contributed by atoms with van der Waals surface area (Å²) in [5, 5.41) is 15.6. The molecule has 1 aromatic rings. The molecule has 1 aliphatic heterocycles. The Labute approximate surface area is 148 Å². The molecule has 3 N–H and O–H groups in total. The first-order chi connectivity index (χ1) is 12.1. The number of amides is 3. The predicted octanol–water partition coefficient (Wildman–Crippen LogP) is 2.31. The molecule has 1 heterocycles. The summed E-state index contributed by atoms with van der Waals surface area (Å²) in [6.07, 6.45) is 5.84. The van der Waals surface area contributed by atoms with Crippen LogP contribution < -0.4 is 15.5 Å². The van der Waals surface area contributed by atoms with Crippen LogP contribution in [0.5, 0.6) is 0 Å². The minimum Gasteiger partial charge on any atom is -0.391 e. The summed E-state index contributed by atoms with van der Waals surface area (Å²) < 4.78 is 0. The molecule has 0 aromatic heterocycles. The maximum absolute atomic E-state index is 12.0. The van der Waals surface area contributed by atoms with Gasteiger partial charge in [-0.15, -0.1) is 0 Å². The highest BCUT2D eigenvalue weighted by atomic mass is 16.3. The SMILES string of the molecule is O=C(NCc1ccc(N2CCCCC2=O)cc1)N[C@@H]1CCCC[C@H]1O. The number of nitrogens with zero attached hydrogens (tertiary/aromatic N) is 1. The molecule has 1 saturated carbocycles. The van der Waals surface area contributed by atoms with E-state index in [1.165, 1.54) is 0 Å².